The van der Waals surface area contributed by atoms with Gasteiger partial charge in [-0.25, -0.2) is 0 Å². The second-order valence-corrected chi connectivity index (χ2v) is 21.8. The van der Waals surface area contributed by atoms with Crippen LogP contribution in [0.5, 0.6) is 0 Å². The summed E-state index contributed by atoms with van der Waals surface area (Å²) in [6.45, 7) is 6.85. The Bertz CT molecular complexity index is 494. The smallest absolute Gasteiger partial charge is 0.171 e. The molecule has 0 aliphatic heterocycles. The average molecular weight is 647 g/mol. The monoisotopic (exact) mass is 646 g/mol. The van der Waals surface area contributed by atoms with E-state index < -0.39 is 20.7 Å². The number of hydrogen-bond donors (Lipinski definition) is 0. The summed E-state index contributed by atoms with van der Waals surface area (Å²) in [5, 5.41) is 0. The molecule has 0 heterocycles. The van der Waals surface area contributed by atoms with Crippen molar-refractivity contribution >= 4 is 27.1 Å². The maximum absolute atomic E-state index is 13.1. The quantitative estimate of drug-likeness (QED) is 0.0482. The first-order chi connectivity index (χ1) is 20.3. The fourth-order valence-electron chi connectivity index (χ4n) is 6.18. The summed E-state index contributed by atoms with van der Waals surface area (Å²) in [5.41, 5.74) is 0. The van der Waals surface area contributed by atoms with Crippen molar-refractivity contribution in [3.05, 3.63) is 0 Å². The molecule has 0 aromatic carbocycles. The Morgan fingerprint density at radius 1 is 0.405 bits per heavy atom. The molecule has 0 fully saturated rings. The highest BCUT2D eigenvalue weighted by Crippen LogP contribution is 2.33. The van der Waals surface area contributed by atoms with Gasteiger partial charge in [0.25, 0.3) is 0 Å². The maximum atomic E-state index is 13.1. The van der Waals surface area contributed by atoms with Gasteiger partial charge in [0.15, 0.2) is 0 Å². The van der Waals surface area contributed by atoms with Gasteiger partial charge >= 0.3 is 6.18 Å². The van der Waals surface area contributed by atoms with Crippen molar-refractivity contribution in [3.63, 3.8) is 0 Å². The standard InChI is InChI=1S/C36H73F3Si3/c1-4-6-8-10-12-14-16-18-20-22-24-29-40-31-26-33-42(3,35-28-36(37,38)39)34-27-32-41-30-25-23-21-19-17-15-13-11-9-7-5-2/h4-35H2,1-3H3. The lowest BCUT2D eigenvalue weighted by molar-refractivity contribution is -0.130. The van der Waals surface area contributed by atoms with Crippen LogP contribution in [0.3, 0.4) is 0 Å². The van der Waals surface area contributed by atoms with Crippen LogP contribution in [0.1, 0.15) is 174 Å². The molecule has 0 aliphatic rings. The molecule has 0 N–H and O–H groups in total. The van der Waals surface area contributed by atoms with Crippen LogP contribution in [0.15, 0.2) is 0 Å². The number of alkyl halides is 3. The van der Waals surface area contributed by atoms with Crippen LogP contribution in [0.4, 0.5) is 13.2 Å². The zero-order valence-corrected chi connectivity index (χ0v) is 31.8. The van der Waals surface area contributed by atoms with Crippen molar-refractivity contribution in [1.82, 2.24) is 0 Å². The van der Waals surface area contributed by atoms with Gasteiger partial charge in [0.1, 0.15) is 0 Å². The van der Waals surface area contributed by atoms with Crippen LogP contribution in [0.2, 0.25) is 48.9 Å². The fourth-order valence-corrected chi connectivity index (χ4v) is 12.9. The first kappa shape index (κ1) is 42.4. The third-order valence-electron chi connectivity index (χ3n) is 9.19. The van der Waals surface area contributed by atoms with Crippen LogP contribution >= 0.6 is 0 Å². The zero-order valence-electron chi connectivity index (χ0n) is 28.8. The minimum absolute atomic E-state index is 0.458. The van der Waals surface area contributed by atoms with Crippen LogP contribution in [-0.2, 0) is 0 Å². The van der Waals surface area contributed by atoms with E-state index in [9.17, 15) is 13.2 Å². The molecule has 0 saturated carbocycles. The predicted octanol–water partition coefficient (Wildman–Crippen LogP) is 14.5. The van der Waals surface area contributed by atoms with E-state index in [-0.39, 0.29) is 0 Å². The Morgan fingerprint density at radius 2 is 0.690 bits per heavy atom. The van der Waals surface area contributed by atoms with E-state index in [4.69, 9.17) is 0 Å². The SMILES string of the molecule is CCCCCCCCCCCCC[Si]CCC[Si](C)(CCC[Si]CCCCCCCCCCCCC)CCC(F)(F)F. The summed E-state index contributed by atoms with van der Waals surface area (Å²) in [6.07, 6.45) is 28.5. The Morgan fingerprint density at radius 3 is 1.00 bits per heavy atom. The molecule has 0 amide bonds. The summed E-state index contributed by atoms with van der Waals surface area (Å²) in [7, 11) is 0.266. The van der Waals surface area contributed by atoms with Crippen molar-refractivity contribution in [2.45, 2.75) is 229 Å². The molecule has 0 unspecified atom stereocenters. The minimum atomic E-state index is -3.98. The van der Waals surface area contributed by atoms with Crippen molar-refractivity contribution in [2.75, 3.05) is 0 Å². The normalized spacial score (nSPS) is 12.4. The Hall–Kier alpha value is 0.441. The van der Waals surface area contributed by atoms with Gasteiger partial charge in [0.2, 0.25) is 0 Å². The van der Waals surface area contributed by atoms with Gasteiger partial charge in [0, 0.05) is 25.5 Å². The molecule has 6 heteroatoms. The second kappa shape index (κ2) is 31.4. The van der Waals surface area contributed by atoms with Gasteiger partial charge in [0.05, 0.1) is 8.07 Å². The molecule has 42 heavy (non-hydrogen) atoms. The summed E-state index contributed by atoms with van der Waals surface area (Å²) < 4.78 is 39.2. The summed E-state index contributed by atoms with van der Waals surface area (Å²) in [6, 6.07) is 7.90. The van der Waals surface area contributed by atoms with Crippen molar-refractivity contribution in [3.8, 4) is 0 Å². The third kappa shape index (κ3) is 33.3. The topological polar surface area (TPSA) is 0 Å². The first-order valence-corrected chi connectivity index (χ1v) is 24.8. The Balaban J connectivity index is 3.81. The fraction of sp³-hybridized carbons (Fsp3) is 1.00. The highest BCUT2D eigenvalue weighted by Gasteiger charge is 2.34. The maximum Gasteiger partial charge on any atom is 0.388 e. The highest BCUT2D eigenvalue weighted by molar-refractivity contribution is 6.78. The van der Waals surface area contributed by atoms with Gasteiger partial charge in [-0.3, -0.25) is 0 Å². The van der Waals surface area contributed by atoms with E-state index in [0.29, 0.717) is 6.04 Å². The van der Waals surface area contributed by atoms with Gasteiger partial charge in [-0.15, -0.1) is 0 Å². The van der Waals surface area contributed by atoms with Crippen LogP contribution in [0.25, 0.3) is 0 Å². The number of halogens is 3. The first-order valence-electron chi connectivity index (χ1n) is 18.8. The third-order valence-corrected chi connectivity index (χ3v) is 16.6. The average Bonchev–Trinajstić information content (AvgIpc) is 2.96. The van der Waals surface area contributed by atoms with E-state index in [1.54, 1.807) is 0 Å². The number of rotatable bonds is 34. The van der Waals surface area contributed by atoms with E-state index in [0.717, 1.165) is 31.1 Å². The van der Waals surface area contributed by atoms with Crippen molar-refractivity contribution < 1.29 is 13.2 Å². The number of hydrogen-bond acceptors (Lipinski definition) is 0. The number of unbranched alkanes of at least 4 members (excludes halogenated alkanes) is 20. The lowest BCUT2D eigenvalue weighted by Gasteiger charge is -2.28. The molecule has 0 nitrogen and oxygen atoms in total. The molecular weight excluding hydrogens is 574 g/mol. The van der Waals surface area contributed by atoms with Gasteiger partial charge in [-0.2, -0.15) is 13.2 Å². The molecule has 0 aromatic heterocycles. The molecule has 0 aliphatic carbocycles. The van der Waals surface area contributed by atoms with E-state index in [1.807, 2.05) is 0 Å². The lowest BCUT2D eigenvalue weighted by Crippen LogP contribution is -2.31. The highest BCUT2D eigenvalue weighted by atomic mass is 28.3. The molecule has 0 rings (SSSR count). The van der Waals surface area contributed by atoms with Crippen LogP contribution in [-0.4, -0.2) is 33.3 Å². The molecule has 0 spiro atoms. The summed E-state index contributed by atoms with van der Waals surface area (Å²) >= 11 is 0. The lowest BCUT2D eigenvalue weighted by atomic mass is 10.1. The predicted molar refractivity (Wildman–Crippen MR) is 190 cm³/mol. The largest absolute Gasteiger partial charge is 0.388 e. The van der Waals surface area contributed by atoms with Crippen molar-refractivity contribution in [2.24, 2.45) is 0 Å². The summed E-state index contributed by atoms with van der Waals surface area (Å²) in [4.78, 5) is 0. The molecule has 250 valence electrons. The molecular formula is C36H73F3Si3. The molecule has 0 saturated heterocycles. The van der Waals surface area contributed by atoms with Gasteiger partial charge in [-0.05, 0) is 6.04 Å². The molecule has 0 atom stereocenters. The van der Waals surface area contributed by atoms with Crippen LogP contribution in [0, 0.1) is 0 Å². The second-order valence-electron chi connectivity index (χ2n) is 13.7. The molecule has 0 aromatic rings. The zero-order chi connectivity index (χ0) is 31.0. The van der Waals surface area contributed by atoms with Crippen molar-refractivity contribution in [1.29, 1.82) is 0 Å². The summed E-state index contributed by atoms with van der Waals surface area (Å²) in [5.74, 6) is 0. The van der Waals surface area contributed by atoms with Gasteiger partial charge in [-0.1, -0.05) is 211 Å². The van der Waals surface area contributed by atoms with E-state index >= 15 is 0 Å². The van der Waals surface area contributed by atoms with Gasteiger partial charge < -0.3 is 0 Å². The van der Waals surface area contributed by atoms with Crippen LogP contribution < -0.4 is 0 Å². The molecule has 4 radical (unpaired) electrons. The minimum Gasteiger partial charge on any atom is -0.171 e. The Labute approximate surface area is 269 Å². The van der Waals surface area contributed by atoms with E-state index in [1.165, 1.54) is 178 Å². The Kier molecular flexibility index (Phi) is 31.8. The van der Waals surface area contributed by atoms with E-state index in [2.05, 4.69) is 20.4 Å². The molecule has 0 bridgehead atoms.